The van der Waals surface area contributed by atoms with Gasteiger partial charge in [-0.25, -0.2) is 9.78 Å². The second-order valence-electron chi connectivity index (χ2n) is 12.4. The summed E-state index contributed by atoms with van der Waals surface area (Å²) in [6.07, 6.45) is 8.30. The molecule has 44 heavy (non-hydrogen) atoms. The molecule has 6 nitrogen and oxygen atoms in total. The number of aromatic nitrogens is 2. The van der Waals surface area contributed by atoms with E-state index < -0.39 is 5.97 Å². The molecule has 1 saturated carbocycles. The zero-order valence-corrected chi connectivity index (χ0v) is 26.3. The highest BCUT2D eigenvalue weighted by Crippen LogP contribution is 2.47. The fraction of sp³-hybridized carbons (Fsp3) is 0.351. The SMILES string of the molecule is C=C(Cn1c(-c2ccc3nc(-c4ccccc4OC)ccc3c2)c(C2CCCCC2)c2sc(C(=O)O)cc21)N1CCCC1C. The topological polar surface area (TPSA) is 67.6 Å². The van der Waals surface area contributed by atoms with E-state index in [2.05, 4.69) is 53.3 Å². The fourth-order valence-corrected chi connectivity index (χ4v) is 8.58. The first kappa shape index (κ1) is 28.7. The van der Waals surface area contributed by atoms with Gasteiger partial charge in [0.1, 0.15) is 10.6 Å². The van der Waals surface area contributed by atoms with Crippen LogP contribution in [0.2, 0.25) is 0 Å². The van der Waals surface area contributed by atoms with E-state index in [0.717, 1.165) is 68.8 Å². The first-order valence-corrected chi connectivity index (χ1v) is 16.6. The van der Waals surface area contributed by atoms with Gasteiger partial charge in [0.2, 0.25) is 0 Å². The molecule has 0 amide bonds. The van der Waals surface area contributed by atoms with Gasteiger partial charge in [0.15, 0.2) is 0 Å². The number of carboxylic acid groups (broad SMARTS) is 1. The van der Waals surface area contributed by atoms with Crippen molar-refractivity contribution in [1.29, 1.82) is 0 Å². The van der Waals surface area contributed by atoms with E-state index in [1.165, 1.54) is 54.7 Å². The summed E-state index contributed by atoms with van der Waals surface area (Å²) in [5.41, 5.74) is 8.56. The molecular formula is C37H39N3O3S. The minimum Gasteiger partial charge on any atom is -0.496 e. The molecule has 7 rings (SSSR count). The second kappa shape index (κ2) is 11.8. The molecule has 1 aliphatic carbocycles. The Morgan fingerprint density at radius 3 is 2.61 bits per heavy atom. The zero-order valence-electron chi connectivity index (χ0n) is 25.5. The van der Waals surface area contributed by atoms with Crippen molar-refractivity contribution in [2.24, 2.45) is 0 Å². The molecule has 1 N–H and O–H groups in total. The quantitative estimate of drug-likeness (QED) is 0.191. The number of fused-ring (bicyclic) bond motifs is 2. The number of carbonyl (C=O) groups is 1. The molecule has 0 radical (unpaired) electrons. The van der Waals surface area contributed by atoms with E-state index in [9.17, 15) is 9.90 Å². The van der Waals surface area contributed by atoms with Crippen LogP contribution in [-0.4, -0.2) is 45.2 Å². The lowest BCUT2D eigenvalue weighted by molar-refractivity contribution is 0.0702. The zero-order chi connectivity index (χ0) is 30.4. The largest absolute Gasteiger partial charge is 0.496 e. The van der Waals surface area contributed by atoms with Crippen molar-refractivity contribution in [3.8, 4) is 28.3 Å². The number of thiophene rings is 1. The van der Waals surface area contributed by atoms with Gasteiger partial charge in [-0.15, -0.1) is 11.3 Å². The van der Waals surface area contributed by atoms with Gasteiger partial charge >= 0.3 is 5.97 Å². The summed E-state index contributed by atoms with van der Waals surface area (Å²) < 4.78 is 9.09. The molecule has 0 bridgehead atoms. The maximum Gasteiger partial charge on any atom is 0.345 e. The number of pyridine rings is 1. The van der Waals surface area contributed by atoms with Gasteiger partial charge in [-0.1, -0.05) is 50.1 Å². The van der Waals surface area contributed by atoms with Crippen LogP contribution in [0.5, 0.6) is 5.75 Å². The number of hydrogen-bond donors (Lipinski definition) is 1. The van der Waals surface area contributed by atoms with Crippen molar-refractivity contribution in [3.63, 3.8) is 0 Å². The number of aromatic carboxylic acids is 1. The predicted molar refractivity (Wildman–Crippen MR) is 180 cm³/mol. The average molecular weight is 606 g/mol. The van der Waals surface area contributed by atoms with Crippen LogP contribution in [-0.2, 0) is 6.54 Å². The van der Waals surface area contributed by atoms with Gasteiger partial charge in [-0.3, -0.25) is 0 Å². The third-order valence-corrected chi connectivity index (χ3v) is 10.8. The van der Waals surface area contributed by atoms with E-state index in [0.29, 0.717) is 23.4 Å². The van der Waals surface area contributed by atoms with Crippen LogP contribution in [0.15, 0.2) is 72.9 Å². The molecule has 0 spiro atoms. The van der Waals surface area contributed by atoms with Crippen LogP contribution >= 0.6 is 11.3 Å². The first-order valence-electron chi connectivity index (χ1n) is 15.8. The fourth-order valence-electron chi connectivity index (χ4n) is 7.45. The molecule has 5 aromatic rings. The standard InChI is InChI=1S/C37H39N3O3S/c1-23-10-9-19-39(23)24(2)22-40-31-21-33(37(41)42)44-36(31)34(25-11-5-4-6-12-25)35(40)27-16-17-29-26(20-27)15-18-30(38-29)28-13-7-8-14-32(28)43-3/h7-8,13-18,20-21,23,25H,2,4-6,9-12,19,22H2,1,3H3,(H,41,42). The molecule has 1 saturated heterocycles. The van der Waals surface area contributed by atoms with Crippen LogP contribution < -0.4 is 4.74 Å². The van der Waals surface area contributed by atoms with Gasteiger partial charge in [-0.2, -0.15) is 0 Å². The number of methoxy groups -OCH3 is 1. The first-order chi connectivity index (χ1) is 21.4. The lowest BCUT2D eigenvalue weighted by Gasteiger charge is -2.28. The number of allylic oxidation sites excluding steroid dienone is 1. The number of carboxylic acids is 1. The monoisotopic (exact) mass is 605 g/mol. The number of rotatable bonds is 8. The summed E-state index contributed by atoms with van der Waals surface area (Å²) in [5, 5.41) is 11.1. The van der Waals surface area contributed by atoms with Crippen LogP contribution in [0, 0.1) is 0 Å². The number of likely N-dealkylation sites (tertiary alicyclic amines) is 1. The van der Waals surface area contributed by atoms with Crippen molar-refractivity contribution in [2.45, 2.75) is 70.4 Å². The molecular weight excluding hydrogens is 566 g/mol. The predicted octanol–water partition coefficient (Wildman–Crippen LogP) is 9.34. The maximum absolute atomic E-state index is 12.2. The normalized spacial score (nSPS) is 17.5. The molecule has 1 aliphatic heterocycles. The minimum absolute atomic E-state index is 0.402. The lowest BCUT2D eigenvalue weighted by Crippen LogP contribution is -2.28. The van der Waals surface area contributed by atoms with Gasteiger partial charge in [0, 0.05) is 29.2 Å². The molecule has 2 aromatic carbocycles. The number of hydrogen-bond acceptors (Lipinski definition) is 5. The minimum atomic E-state index is -0.858. The molecule has 1 atom stereocenters. The van der Waals surface area contributed by atoms with Gasteiger partial charge in [0.25, 0.3) is 0 Å². The maximum atomic E-state index is 12.2. The Bertz CT molecular complexity index is 1880. The number of para-hydroxylation sites is 1. The van der Waals surface area contributed by atoms with Gasteiger partial charge in [-0.05, 0) is 86.1 Å². The molecule has 2 aliphatic rings. The second-order valence-corrected chi connectivity index (χ2v) is 13.4. The molecule has 2 fully saturated rings. The highest BCUT2D eigenvalue weighted by molar-refractivity contribution is 7.21. The summed E-state index contributed by atoms with van der Waals surface area (Å²) in [5.74, 6) is 0.353. The molecule has 1 unspecified atom stereocenters. The summed E-state index contributed by atoms with van der Waals surface area (Å²) in [6, 6.07) is 21.1. The third kappa shape index (κ3) is 5.07. The van der Waals surface area contributed by atoms with E-state index in [1.54, 1.807) is 7.11 Å². The van der Waals surface area contributed by atoms with Crippen LogP contribution in [0.3, 0.4) is 0 Å². The number of benzene rings is 2. The van der Waals surface area contributed by atoms with Gasteiger partial charge < -0.3 is 19.3 Å². The van der Waals surface area contributed by atoms with Crippen LogP contribution in [0.1, 0.15) is 73.0 Å². The van der Waals surface area contributed by atoms with E-state index >= 15 is 0 Å². The summed E-state index contributed by atoms with van der Waals surface area (Å²) >= 11 is 1.43. The van der Waals surface area contributed by atoms with E-state index in [-0.39, 0.29) is 0 Å². The Balaban J connectivity index is 1.39. The van der Waals surface area contributed by atoms with Crippen molar-refractivity contribution < 1.29 is 14.6 Å². The van der Waals surface area contributed by atoms with E-state index in [4.69, 9.17) is 9.72 Å². The summed E-state index contributed by atoms with van der Waals surface area (Å²) in [6.45, 7) is 8.50. The molecule has 7 heteroatoms. The van der Waals surface area contributed by atoms with Crippen LogP contribution in [0.25, 0.3) is 43.6 Å². The van der Waals surface area contributed by atoms with Crippen molar-refractivity contribution >= 4 is 38.4 Å². The Kier molecular flexibility index (Phi) is 7.67. The van der Waals surface area contributed by atoms with E-state index in [1.807, 2.05) is 30.3 Å². The van der Waals surface area contributed by atoms with Crippen molar-refractivity contribution in [3.05, 3.63) is 83.4 Å². The Morgan fingerprint density at radius 2 is 1.86 bits per heavy atom. The molecule has 4 heterocycles. The van der Waals surface area contributed by atoms with Crippen molar-refractivity contribution in [1.82, 2.24) is 14.5 Å². The number of ether oxygens (including phenoxy) is 1. The average Bonchev–Trinajstić information content (AvgIpc) is 3.75. The summed E-state index contributed by atoms with van der Waals surface area (Å²) in [7, 11) is 1.69. The smallest absolute Gasteiger partial charge is 0.345 e. The Hall–Kier alpha value is -4.10. The summed E-state index contributed by atoms with van der Waals surface area (Å²) in [4.78, 5) is 20.0. The third-order valence-electron chi connectivity index (χ3n) is 9.64. The Morgan fingerprint density at radius 1 is 1.05 bits per heavy atom. The van der Waals surface area contributed by atoms with Crippen molar-refractivity contribution in [2.75, 3.05) is 13.7 Å². The Labute approximate surface area is 262 Å². The van der Waals surface area contributed by atoms with Gasteiger partial charge in [0.05, 0.1) is 40.8 Å². The highest BCUT2D eigenvalue weighted by Gasteiger charge is 2.30. The molecule has 3 aromatic heterocycles. The lowest BCUT2D eigenvalue weighted by atomic mass is 9.83. The van der Waals surface area contributed by atoms with Crippen LogP contribution in [0.4, 0.5) is 0 Å². The highest BCUT2D eigenvalue weighted by atomic mass is 32.1. The number of nitrogens with zero attached hydrogens (tertiary/aromatic N) is 3. The molecule has 226 valence electrons.